The van der Waals surface area contributed by atoms with Crippen LogP contribution < -0.4 is 0 Å². The van der Waals surface area contributed by atoms with Crippen molar-refractivity contribution in [2.24, 2.45) is 5.41 Å². The van der Waals surface area contributed by atoms with E-state index in [0.29, 0.717) is 6.61 Å². The lowest BCUT2D eigenvalue weighted by Gasteiger charge is -2.15. The fraction of sp³-hybridized carbons (Fsp3) is 0.700. The van der Waals surface area contributed by atoms with Crippen LogP contribution in [-0.4, -0.2) is 13.2 Å². The molecule has 1 saturated heterocycles. The van der Waals surface area contributed by atoms with E-state index in [1.807, 2.05) is 0 Å². The molecule has 1 aliphatic rings. The fourth-order valence-corrected chi connectivity index (χ4v) is 1.30. The Morgan fingerprint density at radius 3 is 2.83 bits per heavy atom. The quantitative estimate of drug-likeness (QED) is 0.588. The summed E-state index contributed by atoms with van der Waals surface area (Å²) in [4.78, 5) is 0. The summed E-state index contributed by atoms with van der Waals surface area (Å²) in [5, 5.41) is 8.97. The number of allylic oxidation sites excluding steroid dienone is 2. The maximum Gasteiger partial charge on any atom is 0.0862 e. The molecule has 1 atom stereocenters. The lowest BCUT2D eigenvalue weighted by Crippen LogP contribution is -2.17. The van der Waals surface area contributed by atoms with Gasteiger partial charge >= 0.3 is 0 Å². The molecule has 0 saturated carbocycles. The highest BCUT2D eigenvalue weighted by Gasteiger charge is 2.33. The highest BCUT2D eigenvalue weighted by atomic mass is 16.5. The van der Waals surface area contributed by atoms with Gasteiger partial charge < -0.3 is 4.74 Å². The van der Waals surface area contributed by atoms with E-state index >= 15 is 0 Å². The smallest absolute Gasteiger partial charge is 0.0862 e. The molecule has 2 nitrogen and oxygen atoms in total. The van der Waals surface area contributed by atoms with Gasteiger partial charge in [0.25, 0.3) is 0 Å². The van der Waals surface area contributed by atoms with Gasteiger partial charge in [0, 0.05) is 6.61 Å². The number of hydrogen-bond acceptors (Lipinski definition) is 2. The van der Waals surface area contributed by atoms with Crippen LogP contribution >= 0.6 is 0 Å². The van der Waals surface area contributed by atoms with Gasteiger partial charge in [-0.2, -0.15) is 5.26 Å². The lowest BCUT2D eigenvalue weighted by atomic mass is 9.85. The minimum absolute atomic E-state index is 0.225. The summed E-state index contributed by atoms with van der Waals surface area (Å²) in [5.41, 5.74) is 1.05. The molecule has 0 spiro atoms. The minimum atomic E-state index is -0.225. The predicted octanol–water partition coefficient (Wildman–Crippen LogP) is 2.27. The molecule has 0 bridgehead atoms. The second kappa shape index (κ2) is 3.73. The molecule has 1 heterocycles. The van der Waals surface area contributed by atoms with Gasteiger partial charge in [-0.3, -0.25) is 0 Å². The van der Waals surface area contributed by atoms with Crippen molar-refractivity contribution in [1.82, 2.24) is 0 Å². The van der Waals surface area contributed by atoms with Crippen LogP contribution in [0.4, 0.5) is 0 Å². The first kappa shape index (κ1) is 9.28. The molecule has 1 fully saturated rings. The van der Waals surface area contributed by atoms with Crippen LogP contribution in [0.15, 0.2) is 11.6 Å². The first-order chi connectivity index (χ1) is 5.68. The molecule has 0 N–H and O–H groups in total. The maximum atomic E-state index is 8.97. The van der Waals surface area contributed by atoms with Crippen LogP contribution in [0.3, 0.4) is 0 Å². The topological polar surface area (TPSA) is 33.0 Å². The summed E-state index contributed by atoms with van der Waals surface area (Å²) in [6.07, 6.45) is 3.84. The molecular formula is C10H15NO. The Labute approximate surface area is 73.8 Å². The van der Waals surface area contributed by atoms with E-state index in [0.717, 1.165) is 19.4 Å². The predicted molar refractivity (Wildman–Crippen MR) is 47.5 cm³/mol. The second-order valence-electron chi connectivity index (χ2n) is 3.68. The molecule has 0 aromatic heterocycles. The lowest BCUT2D eigenvalue weighted by molar-refractivity contribution is 0.172. The molecule has 66 valence electrons. The van der Waals surface area contributed by atoms with E-state index in [2.05, 4.69) is 26.0 Å². The molecule has 12 heavy (non-hydrogen) atoms. The zero-order chi connectivity index (χ0) is 9.03. The molecule has 1 aliphatic heterocycles. The second-order valence-corrected chi connectivity index (χ2v) is 3.68. The van der Waals surface area contributed by atoms with Crippen molar-refractivity contribution >= 4 is 0 Å². The van der Waals surface area contributed by atoms with E-state index in [1.165, 1.54) is 5.57 Å². The van der Waals surface area contributed by atoms with Crippen molar-refractivity contribution in [3.05, 3.63) is 11.6 Å². The van der Waals surface area contributed by atoms with Crippen molar-refractivity contribution in [2.45, 2.75) is 26.7 Å². The maximum absolute atomic E-state index is 8.97. The van der Waals surface area contributed by atoms with Crippen molar-refractivity contribution in [1.29, 1.82) is 5.26 Å². The van der Waals surface area contributed by atoms with Gasteiger partial charge in [-0.25, -0.2) is 0 Å². The van der Waals surface area contributed by atoms with Crippen molar-refractivity contribution < 1.29 is 4.74 Å². The van der Waals surface area contributed by atoms with Crippen molar-refractivity contribution in [3.63, 3.8) is 0 Å². The van der Waals surface area contributed by atoms with E-state index in [1.54, 1.807) is 0 Å². The van der Waals surface area contributed by atoms with E-state index in [-0.39, 0.29) is 5.41 Å². The first-order valence-electron chi connectivity index (χ1n) is 4.31. The highest BCUT2D eigenvalue weighted by molar-refractivity contribution is 5.08. The van der Waals surface area contributed by atoms with E-state index < -0.39 is 0 Å². The monoisotopic (exact) mass is 165 g/mol. The summed E-state index contributed by atoms with van der Waals surface area (Å²) in [7, 11) is 0. The molecule has 2 heteroatoms. The Morgan fingerprint density at radius 1 is 1.67 bits per heavy atom. The summed E-state index contributed by atoms with van der Waals surface area (Å²) in [6, 6.07) is 2.36. The standard InChI is InChI=1S/C10H15NO/c1-9(2)3-4-10(7-11)5-6-12-8-10/h3H,4-6,8H2,1-2H3. The Kier molecular flexibility index (Phi) is 2.88. The summed E-state index contributed by atoms with van der Waals surface area (Å²) >= 11 is 0. The largest absolute Gasteiger partial charge is 0.380 e. The average molecular weight is 165 g/mol. The van der Waals surface area contributed by atoms with Gasteiger partial charge in [0.1, 0.15) is 0 Å². The summed E-state index contributed by atoms with van der Waals surface area (Å²) < 4.78 is 5.23. The first-order valence-corrected chi connectivity index (χ1v) is 4.31. The normalized spacial score (nSPS) is 28.1. The van der Waals surface area contributed by atoms with Gasteiger partial charge in [-0.05, 0) is 26.7 Å². The Bertz CT molecular complexity index is 214. The molecule has 0 radical (unpaired) electrons. The number of hydrogen-bond donors (Lipinski definition) is 0. The molecule has 0 aromatic carbocycles. The zero-order valence-corrected chi connectivity index (χ0v) is 7.76. The molecule has 0 aliphatic carbocycles. The number of ether oxygens (including phenoxy) is 1. The molecular weight excluding hydrogens is 150 g/mol. The minimum Gasteiger partial charge on any atom is -0.380 e. The van der Waals surface area contributed by atoms with Crippen molar-refractivity contribution in [2.75, 3.05) is 13.2 Å². The summed E-state index contributed by atoms with van der Waals surface area (Å²) in [6.45, 7) is 5.46. The van der Waals surface area contributed by atoms with E-state index in [4.69, 9.17) is 10.00 Å². The van der Waals surface area contributed by atoms with Gasteiger partial charge in [0.2, 0.25) is 0 Å². The molecule has 0 aromatic rings. The molecule has 1 rings (SSSR count). The van der Waals surface area contributed by atoms with Crippen LogP contribution in [0.1, 0.15) is 26.7 Å². The number of rotatable bonds is 2. The third-order valence-corrected chi connectivity index (χ3v) is 2.24. The third-order valence-electron chi connectivity index (χ3n) is 2.24. The van der Waals surface area contributed by atoms with Crippen LogP contribution in [0.2, 0.25) is 0 Å². The van der Waals surface area contributed by atoms with Gasteiger partial charge in [0.05, 0.1) is 18.1 Å². The zero-order valence-electron chi connectivity index (χ0n) is 7.76. The van der Waals surface area contributed by atoms with Crippen LogP contribution in [0, 0.1) is 16.7 Å². The number of nitriles is 1. The van der Waals surface area contributed by atoms with Crippen LogP contribution in [-0.2, 0) is 4.74 Å². The van der Waals surface area contributed by atoms with Crippen LogP contribution in [0.5, 0.6) is 0 Å². The SMILES string of the molecule is CC(C)=CCC1(C#N)CCOC1. The van der Waals surface area contributed by atoms with Crippen molar-refractivity contribution in [3.8, 4) is 6.07 Å². The van der Waals surface area contributed by atoms with Gasteiger partial charge in [-0.15, -0.1) is 0 Å². The molecule has 0 amide bonds. The Hall–Kier alpha value is -0.810. The van der Waals surface area contributed by atoms with Gasteiger partial charge in [-0.1, -0.05) is 11.6 Å². The average Bonchev–Trinajstić information content (AvgIpc) is 2.50. The van der Waals surface area contributed by atoms with E-state index in [9.17, 15) is 0 Å². The molecule has 1 unspecified atom stereocenters. The third kappa shape index (κ3) is 2.09. The van der Waals surface area contributed by atoms with Gasteiger partial charge in [0.15, 0.2) is 0 Å². The summed E-state index contributed by atoms with van der Waals surface area (Å²) in [5.74, 6) is 0. The number of nitrogens with zero attached hydrogens (tertiary/aromatic N) is 1. The Morgan fingerprint density at radius 2 is 2.42 bits per heavy atom. The highest BCUT2D eigenvalue weighted by Crippen LogP contribution is 2.32. The fourth-order valence-electron chi connectivity index (χ4n) is 1.30. The van der Waals surface area contributed by atoms with Crippen LogP contribution in [0.25, 0.3) is 0 Å². The Balaban J connectivity index is 2.58.